The van der Waals surface area contributed by atoms with Crippen molar-refractivity contribution in [3.8, 4) is 11.5 Å². The lowest BCUT2D eigenvalue weighted by Crippen LogP contribution is -2.30. The standard InChI is InChI=1S/C21H21N5OS2/c1-21(27,13-6-9-28-11-13)12-24-19-17-14-4-2-3-5-16(14)29-20(17)26-18(25-19)15-10-22-7-8-23-15/h6-11,27H,2-5,12H2,1H3,(H,24,25,26). The molecule has 0 aromatic carbocycles. The number of aliphatic hydroxyl groups is 1. The summed E-state index contributed by atoms with van der Waals surface area (Å²) in [5.74, 6) is 1.33. The minimum atomic E-state index is -0.986. The molecule has 4 aromatic rings. The maximum atomic E-state index is 11.0. The largest absolute Gasteiger partial charge is 0.384 e. The summed E-state index contributed by atoms with van der Waals surface area (Å²) in [6.45, 7) is 2.19. The zero-order valence-corrected chi connectivity index (χ0v) is 17.7. The van der Waals surface area contributed by atoms with Crippen molar-refractivity contribution in [2.24, 2.45) is 0 Å². The first-order valence-corrected chi connectivity index (χ1v) is 11.5. The molecule has 0 spiro atoms. The number of hydrogen-bond donors (Lipinski definition) is 2. The molecule has 148 valence electrons. The molecular weight excluding hydrogens is 402 g/mol. The molecule has 1 aliphatic carbocycles. The molecule has 0 bridgehead atoms. The van der Waals surface area contributed by atoms with Crippen LogP contribution in [0.25, 0.3) is 21.7 Å². The van der Waals surface area contributed by atoms with Crippen LogP contribution in [0.15, 0.2) is 35.4 Å². The van der Waals surface area contributed by atoms with E-state index in [1.807, 2.05) is 23.8 Å². The van der Waals surface area contributed by atoms with Crippen molar-refractivity contribution in [3.63, 3.8) is 0 Å². The van der Waals surface area contributed by atoms with Crippen molar-refractivity contribution in [3.05, 3.63) is 51.4 Å². The van der Waals surface area contributed by atoms with Gasteiger partial charge in [-0.15, -0.1) is 11.3 Å². The van der Waals surface area contributed by atoms with Gasteiger partial charge >= 0.3 is 0 Å². The molecule has 1 unspecified atom stereocenters. The Morgan fingerprint density at radius 1 is 1.21 bits per heavy atom. The summed E-state index contributed by atoms with van der Waals surface area (Å²) in [5.41, 5.74) is 1.93. The van der Waals surface area contributed by atoms with Gasteiger partial charge in [0.1, 0.15) is 21.9 Å². The summed E-state index contributed by atoms with van der Waals surface area (Å²) in [7, 11) is 0. The van der Waals surface area contributed by atoms with E-state index in [2.05, 4.69) is 15.3 Å². The highest BCUT2D eigenvalue weighted by Crippen LogP contribution is 2.39. The number of aryl methyl sites for hydroxylation is 2. The Morgan fingerprint density at radius 3 is 2.90 bits per heavy atom. The van der Waals surface area contributed by atoms with Gasteiger partial charge in [0.05, 0.1) is 11.6 Å². The highest BCUT2D eigenvalue weighted by molar-refractivity contribution is 7.19. The minimum Gasteiger partial charge on any atom is -0.384 e. The zero-order chi connectivity index (χ0) is 19.8. The maximum Gasteiger partial charge on any atom is 0.183 e. The molecule has 8 heteroatoms. The SMILES string of the molecule is CC(O)(CNc1nc(-c2cnccn2)nc2sc3c(c12)CCCC3)c1ccsc1. The van der Waals surface area contributed by atoms with E-state index in [-0.39, 0.29) is 0 Å². The van der Waals surface area contributed by atoms with E-state index < -0.39 is 5.60 Å². The Balaban J connectivity index is 1.59. The van der Waals surface area contributed by atoms with Gasteiger partial charge in [0, 0.05) is 23.8 Å². The van der Waals surface area contributed by atoms with Gasteiger partial charge in [-0.2, -0.15) is 11.3 Å². The van der Waals surface area contributed by atoms with E-state index in [0.29, 0.717) is 18.1 Å². The smallest absolute Gasteiger partial charge is 0.183 e. The number of nitrogens with one attached hydrogen (secondary N) is 1. The fraction of sp³-hybridized carbons (Fsp3) is 0.333. The van der Waals surface area contributed by atoms with Crippen LogP contribution < -0.4 is 5.32 Å². The van der Waals surface area contributed by atoms with E-state index in [4.69, 9.17) is 9.97 Å². The van der Waals surface area contributed by atoms with Gasteiger partial charge in [0.25, 0.3) is 0 Å². The second kappa shape index (κ2) is 7.44. The van der Waals surface area contributed by atoms with E-state index in [1.165, 1.54) is 23.3 Å². The summed E-state index contributed by atoms with van der Waals surface area (Å²) < 4.78 is 0. The molecule has 2 N–H and O–H groups in total. The van der Waals surface area contributed by atoms with Crippen molar-refractivity contribution in [1.29, 1.82) is 0 Å². The quantitative estimate of drug-likeness (QED) is 0.495. The number of anilines is 1. The van der Waals surface area contributed by atoms with Crippen molar-refractivity contribution in [1.82, 2.24) is 19.9 Å². The molecule has 1 atom stereocenters. The third-order valence-corrected chi connectivity index (χ3v) is 7.22. The van der Waals surface area contributed by atoms with Gasteiger partial charge in [-0.3, -0.25) is 4.98 Å². The minimum absolute atomic E-state index is 0.361. The van der Waals surface area contributed by atoms with E-state index in [0.717, 1.165) is 34.4 Å². The van der Waals surface area contributed by atoms with Crippen molar-refractivity contribution in [2.75, 3.05) is 11.9 Å². The molecular formula is C21H21N5OS2. The van der Waals surface area contributed by atoms with Crippen LogP contribution in [0.4, 0.5) is 5.82 Å². The molecule has 0 amide bonds. The number of rotatable bonds is 5. The lowest BCUT2D eigenvalue weighted by molar-refractivity contribution is 0.0719. The van der Waals surface area contributed by atoms with Gasteiger partial charge in [-0.05, 0) is 60.6 Å². The Hall–Kier alpha value is -2.42. The van der Waals surface area contributed by atoms with E-state index in [1.54, 1.807) is 41.3 Å². The van der Waals surface area contributed by atoms with Crippen LogP contribution in [0, 0.1) is 0 Å². The maximum absolute atomic E-state index is 11.0. The number of hydrogen-bond acceptors (Lipinski definition) is 8. The lowest BCUT2D eigenvalue weighted by atomic mass is 9.96. The predicted octanol–water partition coefficient (Wildman–Crippen LogP) is 4.41. The normalized spacial score (nSPS) is 15.8. The van der Waals surface area contributed by atoms with Crippen LogP contribution >= 0.6 is 22.7 Å². The molecule has 0 saturated heterocycles. The average Bonchev–Trinajstić information content (AvgIpc) is 3.41. The molecule has 0 radical (unpaired) electrons. The molecule has 29 heavy (non-hydrogen) atoms. The van der Waals surface area contributed by atoms with Gasteiger partial charge in [-0.1, -0.05) is 0 Å². The van der Waals surface area contributed by atoms with Crippen molar-refractivity contribution >= 4 is 38.7 Å². The first kappa shape index (κ1) is 18.6. The second-order valence-electron chi connectivity index (χ2n) is 7.52. The monoisotopic (exact) mass is 423 g/mol. The van der Waals surface area contributed by atoms with Crippen molar-refractivity contribution < 1.29 is 5.11 Å². The van der Waals surface area contributed by atoms with Gasteiger partial charge < -0.3 is 10.4 Å². The Labute approximate surface area is 176 Å². The third-order valence-electron chi connectivity index (χ3n) is 5.35. The molecule has 5 rings (SSSR count). The fourth-order valence-corrected chi connectivity index (χ4v) is 5.79. The molecule has 0 aliphatic heterocycles. The van der Waals surface area contributed by atoms with Crippen LogP contribution in [-0.4, -0.2) is 31.6 Å². The number of nitrogens with zero attached hydrogens (tertiary/aromatic N) is 4. The highest BCUT2D eigenvalue weighted by atomic mass is 32.1. The van der Waals surface area contributed by atoms with Crippen molar-refractivity contribution in [2.45, 2.75) is 38.2 Å². The molecule has 4 aromatic heterocycles. The first-order chi connectivity index (χ1) is 14.1. The van der Waals surface area contributed by atoms with Crippen LogP contribution in [0.3, 0.4) is 0 Å². The summed E-state index contributed by atoms with van der Waals surface area (Å²) in [4.78, 5) is 20.5. The number of thiophene rings is 2. The van der Waals surface area contributed by atoms with Gasteiger partial charge in [0.2, 0.25) is 0 Å². The average molecular weight is 424 g/mol. The number of aromatic nitrogens is 4. The Morgan fingerprint density at radius 2 is 2.10 bits per heavy atom. The molecule has 1 aliphatic rings. The summed E-state index contributed by atoms with van der Waals surface area (Å²) in [6.07, 6.45) is 9.54. The van der Waals surface area contributed by atoms with E-state index in [9.17, 15) is 5.11 Å². The van der Waals surface area contributed by atoms with Crippen LogP contribution in [0.5, 0.6) is 0 Å². The summed E-state index contributed by atoms with van der Waals surface area (Å²) in [5, 5.41) is 19.4. The number of fused-ring (bicyclic) bond motifs is 3. The van der Waals surface area contributed by atoms with Gasteiger partial charge in [0.15, 0.2) is 5.82 Å². The second-order valence-corrected chi connectivity index (χ2v) is 9.38. The fourth-order valence-electron chi connectivity index (χ4n) is 3.74. The predicted molar refractivity (Wildman–Crippen MR) is 117 cm³/mol. The Kier molecular flexibility index (Phi) is 4.77. The summed E-state index contributed by atoms with van der Waals surface area (Å²) in [6, 6.07) is 1.96. The third kappa shape index (κ3) is 3.52. The molecule has 6 nitrogen and oxygen atoms in total. The lowest BCUT2D eigenvalue weighted by Gasteiger charge is -2.23. The van der Waals surface area contributed by atoms with E-state index >= 15 is 0 Å². The van der Waals surface area contributed by atoms with Gasteiger partial charge in [-0.25, -0.2) is 15.0 Å². The van der Waals surface area contributed by atoms with Crippen LogP contribution in [0.1, 0.15) is 35.8 Å². The molecule has 4 heterocycles. The summed E-state index contributed by atoms with van der Waals surface area (Å²) >= 11 is 3.34. The molecule has 0 fully saturated rings. The first-order valence-electron chi connectivity index (χ1n) is 9.69. The molecule has 0 saturated carbocycles. The van der Waals surface area contributed by atoms with Crippen LogP contribution in [0.2, 0.25) is 0 Å². The van der Waals surface area contributed by atoms with Crippen LogP contribution in [-0.2, 0) is 18.4 Å². The Bertz CT molecular complexity index is 1140. The zero-order valence-electron chi connectivity index (χ0n) is 16.1. The topological polar surface area (TPSA) is 83.8 Å². The highest BCUT2D eigenvalue weighted by Gasteiger charge is 2.26.